The van der Waals surface area contributed by atoms with E-state index in [9.17, 15) is 4.79 Å². The van der Waals surface area contributed by atoms with Gasteiger partial charge in [0.05, 0.1) is 31.5 Å². The molecule has 1 atom stereocenters. The van der Waals surface area contributed by atoms with Gasteiger partial charge in [-0.25, -0.2) is 4.68 Å². The van der Waals surface area contributed by atoms with E-state index in [0.29, 0.717) is 13.0 Å². The first kappa shape index (κ1) is 15.6. The van der Waals surface area contributed by atoms with Crippen LogP contribution < -0.4 is 0 Å². The van der Waals surface area contributed by atoms with Gasteiger partial charge in [-0.2, -0.15) is 10.2 Å². The summed E-state index contributed by atoms with van der Waals surface area (Å²) in [5, 5.41) is 8.77. The topological polar surface area (TPSA) is 61.9 Å². The Kier molecular flexibility index (Phi) is 4.09. The van der Waals surface area contributed by atoms with Crippen molar-refractivity contribution in [3.8, 4) is 5.69 Å². The van der Waals surface area contributed by atoms with E-state index in [1.807, 2.05) is 27.8 Å². The van der Waals surface area contributed by atoms with E-state index in [-0.39, 0.29) is 11.9 Å². The Labute approximate surface area is 146 Å². The highest BCUT2D eigenvalue weighted by atomic mass is 16.5. The minimum atomic E-state index is -0.123. The Hall–Kier alpha value is -2.89. The van der Waals surface area contributed by atoms with Crippen molar-refractivity contribution >= 4 is 5.97 Å². The third kappa shape index (κ3) is 3.07. The first-order chi connectivity index (χ1) is 12.2. The van der Waals surface area contributed by atoms with Crippen LogP contribution in [0.3, 0.4) is 0 Å². The molecule has 0 fully saturated rings. The van der Waals surface area contributed by atoms with Crippen LogP contribution in [0.4, 0.5) is 0 Å². The summed E-state index contributed by atoms with van der Waals surface area (Å²) >= 11 is 0. The first-order valence-electron chi connectivity index (χ1n) is 8.45. The van der Waals surface area contributed by atoms with Crippen molar-refractivity contribution in [1.29, 1.82) is 0 Å². The van der Waals surface area contributed by atoms with Crippen LogP contribution in [-0.4, -0.2) is 32.6 Å². The van der Waals surface area contributed by atoms with Crippen molar-refractivity contribution in [2.45, 2.75) is 25.8 Å². The molecule has 0 radical (unpaired) electrons. The summed E-state index contributed by atoms with van der Waals surface area (Å²) in [5.41, 5.74) is 4.59. The zero-order valence-electron chi connectivity index (χ0n) is 14.1. The zero-order valence-corrected chi connectivity index (χ0v) is 14.1. The lowest BCUT2D eigenvalue weighted by molar-refractivity contribution is -0.145. The third-order valence-corrected chi connectivity index (χ3v) is 4.81. The summed E-state index contributed by atoms with van der Waals surface area (Å²) in [5.74, 6) is -0.183. The van der Waals surface area contributed by atoms with Crippen molar-refractivity contribution < 1.29 is 9.53 Å². The number of rotatable bonds is 4. The number of carbonyl (C=O) groups excluding carboxylic acids is 1. The first-order valence-corrected chi connectivity index (χ1v) is 8.45. The largest absolute Gasteiger partial charge is 0.469 e. The van der Waals surface area contributed by atoms with Crippen LogP contribution >= 0.6 is 0 Å². The summed E-state index contributed by atoms with van der Waals surface area (Å²) in [6.07, 6.45) is 8.04. The van der Waals surface area contributed by atoms with Gasteiger partial charge in [-0.1, -0.05) is 12.1 Å². The van der Waals surface area contributed by atoms with Crippen LogP contribution in [0.15, 0.2) is 48.9 Å². The molecule has 0 bridgehead atoms. The van der Waals surface area contributed by atoms with Crippen molar-refractivity contribution in [1.82, 2.24) is 19.6 Å². The van der Waals surface area contributed by atoms with Crippen LogP contribution in [0.2, 0.25) is 0 Å². The highest BCUT2D eigenvalue weighted by Gasteiger charge is 2.28. The molecule has 0 saturated carbocycles. The van der Waals surface area contributed by atoms with Crippen LogP contribution in [0.25, 0.3) is 5.69 Å². The van der Waals surface area contributed by atoms with Gasteiger partial charge in [-0.15, -0.1) is 0 Å². The third-order valence-electron chi connectivity index (χ3n) is 4.81. The molecule has 0 saturated heterocycles. The molecule has 1 aliphatic rings. The minimum Gasteiger partial charge on any atom is -0.469 e. The predicted octanol–water partition coefficient (Wildman–Crippen LogP) is 2.40. The molecule has 0 aliphatic heterocycles. The fraction of sp³-hybridized carbons (Fsp3) is 0.316. The molecule has 1 aromatic carbocycles. The molecule has 0 amide bonds. The number of esters is 1. The minimum absolute atomic E-state index is 0.0601. The second-order valence-corrected chi connectivity index (χ2v) is 6.35. The molecular formula is C19H20N4O2. The molecule has 2 aromatic heterocycles. The lowest BCUT2D eigenvalue weighted by Crippen LogP contribution is -2.25. The van der Waals surface area contributed by atoms with Gasteiger partial charge in [-0.05, 0) is 42.2 Å². The van der Waals surface area contributed by atoms with Crippen molar-refractivity contribution in [2.75, 3.05) is 7.11 Å². The maximum atomic E-state index is 11.9. The van der Waals surface area contributed by atoms with E-state index in [2.05, 4.69) is 34.5 Å². The van der Waals surface area contributed by atoms with E-state index >= 15 is 0 Å². The van der Waals surface area contributed by atoms with Gasteiger partial charge in [0.15, 0.2) is 0 Å². The molecule has 128 valence electrons. The summed E-state index contributed by atoms with van der Waals surface area (Å²) in [6.45, 7) is 0.697. The average molecular weight is 336 g/mol. The lowest BCUT2D eigenvalue weighted by atomic mass is 9.88. The molecule has 3 aromatic rings. The molecule has 1 aliphatic carbocycles. The highest BCUT2D eigenvalue weighted by Crippen LogP contribution is 2.26. The van der Waals surface area contributed by atoms with E-state index < -0.39 is 0 Å². The molecular weight excluding hydrogens is 316 g/mol. The van der Waals surface area contributed by atoms with Crippen molar-refractivity contribution in [3.63, 3.8) is 0 Å². The Morgan fingerprint density at radius 1 is 1.28 bits per heavy atom. The van der Waals surface area contributed by atoms with Crippen molar-refractivity contribution in [2.24, 2.45) is 5.92 Å². The smallest absolute Gasteiger partial charge is 0.309 e. The summed E-state index contributed by atoms with van der Waals surface area (Å²) < 4.78 is 8.75. The monoisotopic (exact) mass is 336 g/mol. The average Bonchev–Trinajstić information content (AvgIpc) is 3.32. The van der Waals surface area contributed by atoms with Gasteiger partial charge in [-0.3, -0.25) is 9.48 Å². The number of aryl methyl sites for hydroxylation is 1. The van der Waals surface area contributed by atoms with E-state index in [1.165, 1.54) is 18.2 Å². The second-order valence-electron chi connectivity index (χ2n) is 6.35. The number of fused-ring (bicyclic) bond motifs is 1. The second kappa shape index (κ2) is 6.55. The van der Waals surface area contributed by atoms with Gasteiger partial charge in [0.1, 0.15) is 0 Å². The number of aromatic nitrogens is 4. The summed E-state index contributed by atoms with van der Waals surface area (Å²) in [7, 11) is 1.45. The van der Waals surface area contributed by atoms with E-state index in [1.54, 1.807) is 6.20 Å². The van der Waals surface area contributed by atoms with Gasteiger partial charge in [0, 0.05) is 24.5 Å². The van der Waals surface area contributed by atoms with Gasteiger partial charge >= 0.3 is 5.97 Å². The standard InChI is InChI=1S/C19H20N4O2/c1-25-19(24)15-5-6-16-12-21-23(18(16)11-15)13-14-3-7-17(8-4-14)22-10-2-9-20-22/h2-4,7-10,12,15H,5-6,11,13H2,1H3. The fourth-order valence-electron chi connectivity index (χ4n) is 3.41. The van der Waals surface area contributed by atoms with Crippen LogP contribution in [0.5, 0.6) is 0 Å². The molecule has 25 heavy (non-hydrogen) atoms. The Morgan fingerprint density at radius 2 is 2.12 bits per heavy atom. The molecule has 2 heterocycles. The molecule has 0 N–H and O–H groups in total. The Bertz CT molecular complexity index is 865. The summed E-state index contributed by atoms with van der Waals surface area (Å²) in [4.78, 5) is 11.9. The zero-order chi connectivity index (χ0) is 17.2. The maximum absolute atomic E-state index is 11.9. The van der Waals surface area contributed by atoms with Crippen LogP contribution in [-0.2, 0) is 28.9 Å². The molecule has 4 rings (SSSR count). The Balaban J connectivity index is 1.52. The number of ether oxygens (including phenoxy) is 1. The fourth-order valence-corrected chi connectivity index (χ4v) is 3.41. The number of methoxy groups -OCH3 is 1. The van der Waals surface area contributed by atoms with Crippen LogP contribution in [0.1, 0.15) is 23.2 Å². The number of hydrogen-bond donors (Lipinski definition) is 0. The maximum Gasteiger partial charge on any atom is 0.309 e. The van der Waals surface area contributed by atoms with E-state index in [0.717, 1.165) is 24.2 Å². The number of carbonyl (C=O) groups is 1. The van der Waals surface area contributed by atoms with Crippen molar-refractivity contribution in [3.05, 3.63) is 65.7 Å². The highest BCUT2D eigenvalue weighted by molar-refractivity contribution is 5.73. The number of hydrogen-bond acceptors (Lipinski definition) is 4. The van der Waals surface area contributed by atoms with Gasteiger partial charge in [0.25, 0.3) is 0 Å². The lowest BCUT2D eigenvalue weighted by Gasteiger charge is -2.21. The predicted molar refractivity (Wildman–Crippen MR) is 92.4 cm³/mol. The van der Waals surface area contributed by atoms with Crippen LogP contribution in [0, 0.1) is 5.92 Å². The molecule has 0 spiro atoms. The quantitative estimate of drug-likeness (QED) is 0.686. The number of benzene rings is 1. The number of nitrogens with zero attached hydrogens (tertiary/aromatic N) is 4. The van der Waals surface area contributed by atoms with Gasteiger partial charge < -0.3 is 4.74 Å². The SMILES string of the molecule is COC(=O)C1CCc2cnn(Cc3ccc(-n4cccn4)cc3)c2C1. The summed E-state index contributed by atoms with van der Waals surface area (Å²) in [6, 6.07) is 10.2. The Morgan fingerprint density at radius 3 is 2.84 bits per heavy atom. The van der Waals surface area contributed by atoms with Gasteiger partial charge in [0.2, 0.25) is 0 Å². The van der Waals surface area contributed by atoms with E-state index in [4.69, 9.17) is 4.74 Å². The molecule has 1 unspecified atom stereocenters. The molecule has 6 nitrogen and oxygen atoms in total. The molecule has 6 heteroatoms. The normalized spacial score (nSPS) is 16.4.